The lowest BCUT2D eigenvalue weighted by atomic mass is 9.74. The number of rotatable bonds is 14. The molecule has 0 unspecified atom stereocenters. The van der Waals surface area contributed by atoms with E-state index >= 15 is 0 Å². The van der Waals surface area contributed by atoms with Crippen molar-refractivity contribution in [2.24, 2.45) is 0 Å². The van der Waals surface area contributed by atoms with Crippen LogP contribution in [0.2, 0.25) is 0 Å². The van der Waals surface area contributed by atoms with Crippen LogP contribution in [-0.4, -0.2) is 61.4 Å². The highest BCUT2D eigenvalue weighted by Crippen LogP contribution is 2.46. The number of likely N-dealkylation sites (N-methyl/N-ethyl adjacent to an activating group) is 1. The fourth-order valence-electron chi connectivity index (χ4n) is 7.04. The summed E-state index contributed by atoms with van der Waals surface area (Å²) in [6.45, 7) is 5.08. The van der Waals surface area contributed by atoms with E-state index in [0.29, 0.717) is 13.2 Å². The van der Waals surface area contributed by atoms with Crippen molar-refractivity contribution in [1.29, 1.82) is 0 Å². The first kappa shape index (κ1) is 35.4. The molecule has 5 aromatic carbocycles. The van der Waals surface area contributed by atoms with Gasteiger partial charge >= 0.3 is 0 Å². The quantitative estimate of drug-likeness (QED) is 0.0494. The molecule has 6 rings (SSSR count). The average Bonchev–Trinajstić information content (AvgIpc) is 3.15. The molecular weight excluding hydrogens is 714 g/mol. The van der Waals surface area contributed by atoms with Gasteiger partial charge < -0.3 is 4.74 Å². The standard InChI is InChI=1S/C40H38BrN3O5S/c1-3-27-43-37(28-42(2)50(47,48)36-25-23-35(24-26-36)44(45)46)39(30-19-21-34(41)22-20-30)38(43)29-49-40(31-13-7-4-8-14-31,32-15-9-5-10-16-32)33-17-11-6-12-18-33/h3-26,37-39H,1,27-29H2,2H3/t37-,38+,39-/m1/s1. The van der Waals surface area contributed by atoms with Crippen molar-refractivity contribution in [1.82, 2.24) is 9.21 Å². The van der Waals surface area contributed by atoms with Gasteiger partial charge in [0.2, 0.25) is 10.0 Å². The number of hydrogen-bond donors (Lipinski definition) is 0. The van der Waals surface area contributed by atoms with E-state index in [9.17, 15) is 18.5 Å². The molecular formula is C40H38BrN3O5S. The molecule has 1 aliphatic heterocycles. The summed E-state index contributed by atoms with van der Waals surface area (Å²) in [4.78, 5) is 12.9. The van der Waals surface area contributed by atoms with E-state index in [1.807, 2.05) is 72.8 Å². The predicted molar refractivity (Wildman–Crippen MR) is 199 cm³/mol. The molecule has 1 fully saturated rings. The number of nitro benzene ring substituents is 1. The predicted octanol–water partition coefficient (Wildman–Crippen LogP) is 8.01. The molecule has 0 aliphatic carbocycles. The maximum Gasteiger partial charge on any atom is 0.269 e. The van der Waals surface area contributed by atoms with Crippen LogP contribution in [0, 0.1) is 10.1 Å². The first-order valence-electron chi connectivity index (χ1n) is 16.3. The lowest BCUT2D eigenvalue weighted by Crippen LogP contribution is -2.67. The van der Waals surface area contributed by atoms with Crippen molar-refractivity contribution in [3.63, 3.8) is 0 Å². The topological polar surface area (TPSA) is 93.0 Å². The Hall–Kier alpha value is -4.45. The van der Waals surface area contributed by atoms with E-state index in [-0.39, 0.29) is 35.1 Å². The monoisotopic (exact) mass is 751 g/mol. The lowest BCUT2D eigenvalue weighted by molar-refractivity contribution is -0.384. The minimum Gasteiger partial charge on any atom is -0.359 e. The van der Waals surface area contributed by atoms with Gasteiger partial charge in [0.15, 0.2) is 0 Å². The highest BCUT2D eigenvalue weighted by Gasteiger charge is 2.51. The molecule has 0 aromatic heterocycles. The molecule has 0 saturated carbocycles. The zero-order valence-electron chi connectivity index (χ0n) is 27.6. The first-order chi connectivity index (χ1) is 24.2. The van der Waals surface area contributed by atoms with Crippen LogP contribution in [-0.2, 0) is 20.4 Å². The van der Waals surface area contributed by atoms with Gasteiger partial charge in [-0.05, 0) is 46.5 Å². The number of benzene rings is 5. The Labute approximate surface area is 302 Å². The van der Waals surface area contributed by atoms with Crippen LogP contribution >= 0.6 is 15.9 Å². The summed E-state index contributed by atoms with van der Waals surface area (Å²) < 4.78 is 37.0. The molecule has 1 heterocycles. The molecule has 256 valence electrons. The third-order valence-electron chi connectivity index (χ3n) is 9.49. The molecule has 1 saturated heterocycles. The van der Waals surface area contributed by atoms with Crippen LogP contribution in [0.15, 0.2) is 162 Å². The summed E-state index contributed by atoms with van der Waals surface area (Å²) in [5.74, 6) is -0.0856. The molecule has 0 radical (unpaired) electrons. The zero-order chi connectivity index (χ0) is 35.3. The minimum atomic E-state index is -3.95. The molecule has 0 amide bonds. The van der Waals surface area contributed by atoms with Gasteiger partial charge in [0, 0.05) is 54.7 Å². The Balaban J connectivity index is 1.38. The van der Waals surface area contributed by atoms with Crippen LogP contribution in [0.1, 0.15) is 28.2 Å². The Kier molecular flexibility index (Phi) is 10.8. The van der Waals surface area contributed by atoms with Crippen molar-refractivity contribution in [2.75, 3.05) is 26.7 Å². The van der Waals surface area contributed by atoms with Crippen LogP contribution in [0.4, 0.5) is 5.69 Å². The normalized spacial score (nSPS) is 18.0. The number of hydrogen-bond acceptors (Lipinski definition) is 6. The number of likely N-dealkylation sites (tertiary alicyclic amines) is 1. The summed E-state index contributed by atoms with van der Waals surface area (Å²) >= 11 is 3.56. The Morgan fingerprint density at radius 1 is 0.820 bits per heavy atom. The second-order valence-electron chi connectivity index (χ2n) is 12.3. The summed E-state index contributed by atoms with van der Waals surface area (Å²) in [7, 11) is -2.39. The number of halogens is 1. The Bertz CT molecular complexity index is 1920. The molecule has 5 aromatic rings. The van der Waals surface area contributed by atoms with Crippen LogP contribution in [0.5, 0.6) is 0 Å². The van der Waals surface area contributed by atoms with E-state index < -0.39 is 20.5 Å². The second-order valence-corrected chi connectivity index (χ2v) is 15.3. The fraction of sp³-hybridized carbons (Fsp3) is 0.200. The van der Waals surface area contributed by atoms with Crippen LogP contribution in [0.3, 0.4) is 0 Å². The third kappa shape index (κ3) is 6.95. The minimum absolute atomic E-state index is 0.00126. The van der Waals surface area contributed by atoms with Gasteiger partial charge in [-0.1, -0.05) is 125 Å². The maximum absolute atomic E-state index is 13.7. The molecule has 3 atom stereocenters. The smallest absolute Gasteiger partial charge is 0.269 e. The first-order valence-corrected chi connectivity index (χ1v) is 18.5. The molecule has 0 N–H and O–H groups in total. The highest BCUT2D eigenvalue weighted by molar-refractivity contribution is 9.10. The molecule has 0 spiro atoms. The van der Waals surface area contributed by atoms with Crippen molar-refractivity contribution >= 4 is 31.6 Å². The van der Waals surface area contributed by atoms with Crippen molar-refractivity contribution in [3.05, 3.63) is 189 Å². The largest absolute Gasteiger partial charge is 0.359 e. The van der Waals surface area contributed by atoms with E-state index in [2.05, 4.69) is 75.9 Å². The average molecular weight is 753 g/mol. The summed E-state index contributed by atoms with van der Waals surface area (Å²) in [5.41, 5.74) is 2.97. The lowest BCUT2D eigenvalue weighted by Gasteiger charge is -2.56. The molecule has 0 bridgehead atoms. The summed E-state index contributed by atoms with van der Waals surface area (Å²) in [6.07, 6.45) is 1.83. The molecule has 10 heteroatoms. The van der Waals surface area contributed by atoms with Crippen LogP contribution < -0.4 is 0 Å². The Morgan fingerprint density at radius 3 is 1.78 bits per heavy atom. The van der Waals surface area contributed by atoms with E-state index in [0.717, 1.165) is 26.7 Å². The SMILES string of the molecule is C=CCN1[C@H](CN(C)S(=O)(=O)c2ccc([N+](=O)[O-])cc2)[C@@H](c2ccc(Br)cc2)[C@@H]1COC(c1ccccc1)(c1ccccc1)c1ccccc1. The zero-order valence-corrected chi connectivity index (χ0v) is 30.0. The number of nitro groups is 1. The molecule has 1 aliphatic rings. The number of sulfonamides is 1. The third-order valence-corrected chi connectivity index (χ3v) is 11.9. The van der Waals surface area contributed by atoms with E-state index in [1.165, 1.54) is 28.6 Å². The van der Waals surface area contributed by atoms with Crippen molar-refractivity contribution in [2.45, 2.75) is 28.5 Å². The highest BCUT2D eigenvalue weighted by atomic mass is 79.9. The number of non-ortho nitro benzene ring substituents is 1. The summed E-state index contributed by atoms with van der Waals surface area (Å²) in [6, 6.07) is 43.5. The fourth-order valence-corrected chi connectivity index (χ4v) is 8.49. The summed E-state index contributed by atoms with van der Waals surface area (Å²) in [5, 5.41) is 11.2. The molecule has 8 nitrogen and oxygen atoms in total. The van der Waals surface area contributed by atoms with Gasteiger partial charge in [-0.2, -0.15) is 4.31 Å². The van der Waals surface area contributed by atoms with E-state index in [4.69, 9.17) is 4.74 Å². The number of ether oxygens (including phenoxy) is 1. The van der Waals surface area contributed by atoms with Gasteiger partial charge in [-0.15, -0.1) is 6.58 Å². The Morgan fingerprint density at radius 2 is 1.32 bits per heavy atom. The van der Waals surface area contributed by atoms with Crippen LogP contribution in [0.25, 0.3) is 0 Å². The van der Waals surface area contributed by atoms with Gasteiger partial charge in [0.25, 0.3) is 5.69 Å². The molecule has 50 heavy (non-hydrogen) atoms. The number of nitrogens with zero attached hydrogens (tertiary/aromatic N) is 3. The van der Waals surface area contributed by atoms with Gasteiger partial charge in [0.1, 0.15) is 5.60 Å². The van der Waals surface area contributed by atoms with E-state index in [1.54, 1.807) is 7.05 Å². The van der Waals surface area contributed by atoms with Gasteiger partial charge in [-0.3, -0.25) is 15.0 Å². The second kappa shape index (κ2) is 15.2. The van der Waals surface area contributed by atoms with Crippen molar-refractivity contribution in [3.8, 4) is 0 Å². The van der Waals surface area contributed by atoms with Gasteiger partial charge in [0.05, 0.1) is 16.4 Å². The maximum atomic E-state index is 13.7. The van der Waals surface area contributed by atoms with Gasteiger partial charge in [-0.25, -0.2) is 8.42 Å². The van der Waals surface area contributed by atoms with Crippen molar-refractivity contribution < 1.29 is 18.1 Å².